The first kappa shape index (κ1) is 17.6. The van der Waals surface area contributed by atoms with Crippen molar-refractivity contribution >= 4 is 5.91 Å². The normalized spacial score (nSPS) is 34.0. The third-order valence-corrected chi connectivity index (χ3v) is 4.66. The third kappa shape index (κ3) is 4.17. The van der Waals surface area contributed by atoms with Gasteiger partial charge in [0.2, 0.25) is 5.91 Å². The highest BCUT2D eigenvalue weighted by molar-refractivity contribution is 5.77. The summed E-state index contributed by atoms with van der Waals surface area (Å²) in [6.45, 7) is 4.15. The molecule has 0 radical (unpaired) electrons. The molecule has 1 amide bonds. The minimum Gasteiger partial charge on any atom is -0.394 e. The van der Waals surface area contributed by atoms with E-state index in [-0.39, 0.29) is 31.3 Å². The van der Waals surface area contributed by atoms with E-state index in [0.717, 1.165) is 25.9 Å². The Bertz CT molecular complexity index is 360. The Hall–Kier alpha value is -0.730. The molecule has 2 aliphatic heterocycles. The van der Waals surface area contributed by atoms with E-state index in [4.69, 9.17) is 9.47 Å². The molecule has 2 rings (SSSR count). The molecule has 7 heteroatoms. The Morgan fingerprint density at radius 1 is 1.36 bits per heavy atom. The number of hydrogen-bond donors (Lipinski definition) is 3. The van der Waals surface area contributed by atoms with Crippen LogP contribution in [0.4, 0.5) is 0 Å². The zero-order valence-electron chi connectivity index (χ0n) is 13.4. The minimum absolute atomic E-state index is 0.00456. The van der Waals surface area contributed by atoms with Crippen LogP contribution in [0.5, 0.6) is 0 Å². The fourth-order valence-electron chi connectivity index (χ4n) is 3.32. The van der Waals surface area contributed by atoms with Crippen LogP contribution in [0.3, 0.4) is 0 Å². The molecule has 0 saturated carbocycles. The highest BCUT2D eigenvalue weighted by Crippen LogP contribution is 2.29. The molecule has 0 spiro atoms. The Labute approximate surface area is 131 Å². The van der Waals surface area contributed by atoms with Crippen LogP contribution < -0.4 is 5.32 Å². The van der Waals surface area contributed by atoms with Crippen molar-refractivity contribution in [2.75, 3.05) is 40.0 Å². The molecule has 0 aromatic carbocycles. The largest absolute Gasteiger partial charge is 0.394 e. The van der Waals surface area contributed by atoms with Crippen LogP contribution in [0.1, 0.15) is 19.8 Å². The van der Waals surface area contributed by atoms with E-state index in [9.17, 15) is 15.0 Å². The van der Waals surface area contributed by atoms with Crippen LogP contribution in [0.2, 0.25) is 0 Å². The summed E-state index contributed by atoms with van der Waals surface area (Å²) in [6.07, 6.45) is 0.545. The topological polar surface area (TPSA) is 91.3 Å². The molecular formula is C15H28N2O5. The van der Waals surface area contributed by atoms with Gasteiger partial charge in [-0.3, -0.25) is 9.69 Å². The average Bonchev–Trinajstić information content (AvgIpc) is 2.82. The molecule has 4 atom stereocenters. The van der Waals surface area contributed by atoms with E-state index < -0.39 is 12.2 Å². The van der Waals surface area contributed by atoms with Crippen molar-refractivity contribution in [1.82, 2.24) is 10.2 Å². The molecular weight excluding hydrogens is 288 g/mol. The third-order valence-electron chi connectivity index (χ3n) is 4.66. The molecule has 0 bridgehead atoms. The number of aliphatic hydroxyl groups excluding tert-OH is 2. The maximum Gasteiger partial charge on any atom is 0.246 e. The number of hydrogen-bond acceptors (Lipinski definition) is 6. The molecule has 7 nitrogen and oxygen atoms in total. The molecule has 22 heavy (non-hydrogen) atoms. The van der Waals surface area contributed by atoms with Gasteiger partial charge in [-0.2, -0.15) is 0 Å². The molecule has 128 valence electrons. The van der Waals surface area contributed by atoms with Crippen molar-refractivity contribution in [3.63, 3.8) is 0 Å². The number of nitrogens with zero attached hydrogens (tertiary/aromatic N) is 1. The lowest BCUT2D eigenvalue weighted by Crippen LogP contribution is -2.53. The van der Waals surface area contributed by atoms with Gasteiger partial charge in [-0.1, -0.05) is 6.92 Å². The molecule has 2 aliphatic rings. The van der Waals surface area contributed by atoms with Gasteiger partial charge < -0.3 is 25.0 Å². The number of amides is 1. The van der Waals surface area contributed by atoms with E-state index >= 15 is 0 Å². The summed E-state index contributed by atoms with van der Waals surface area (Å²) in [4.78, 5) is 13.8. The summed E-state index contributed by atoms with van der Waals surface area (Å²) in [5, 5.41) is 22.6. The number of piperidine rings is 1. The van der Waals surface area contributed by atoms with E-state index in [1.54, 1.807) is 0 Å². The van der Waals surface area contributed by atoms with Gasteiger partial charge in [0, 0.05) is 13.7 Å². The number of rotatable bonds is 6. The smallest absolute Gasteiger partial charge is 0.246 e. The van der Waals surface area contributed by atoms with Gasteiger partial charge in [0.15, 0.2) is 0 Å². The molecule has 0 aromatic rings. The fraction of sp³-hybridized carbons (Fsp3) is 0.933. The number of likely N-dealkylation sites (tertiary alicyclic amines) is 1. The van der Waals surface area contributed by atoms with Gasteiger partial charge in [0.1, 0.15) is 18.8 Å². The monoisotopic (exact) mass is 316 g/mol. The SMILES string of the molecule is COCC(=O)NC[C@H]1O[C@@H](CO)[C@@H](O)[C@H]1N1CCC(C)CC1. The predicted molar refractivity (Wildman–Crippen MR) is 80.4 cm³/mol. The summed E-state index contributed by atoms with van der Waals surface area (Å²) < 4.78 is 10.5. The quantitative estimate of drug-likeness (QED) is 0.580. The van der Waals surface area contributed by atoms with Crippen molar-refractivity contribution in [3.05, 3.63) is 0 Å². The second-order valence-corrected chi connectivity index (χ2v) is 6.33. The number of nitrogens with one attached hydrogen (secondary N) is 1. The Kier molecular flexibility index (Phi) is 6.58. The van der Waals surface area contributed by atoms with E-state index in [1.807, 2.05) is 0 Å². The first-order valence-electron chi connectivity index (χ1n) is 8.00. The van der Waals surface area contributed by atoms with Gasteiger partial charge in [-0.25, -0.2) is 0 Å². The summed E-state index contributed by atoms with van der Waals surface area (Å²) in [5.74, 6) is 0.489. The van der Waals surface area contributed by atoms with Gasteiger partial charge >= 0.3 is 0 Å². The number of methoxy groups -OCH3 is 1. The van der Waals surface area contributed by atoms with Crippen LogP contribution >= 0.6 is 0 Å². The lowest BCUT2D eigenvalue weighted by molar-refractivity contribution is -0.125. The summed E-state index contributed by atoms with van der Waals surface area (Å²) in [7, 11) is 1.47. The van der Waals surface area contributed by atoms with Crippen molar-refractivity contribution in [1.29, 1.82) is 0 Å². The van der Waals surface area contributed by atoms with Crippen LogP contribution in [-0.4, -0.2) is 85.3 Å². The van der Waals surface area contributed by atoms with Crippen LogP contribution in [0.25, 0.3) is 0 Å². The van der Waals surface area contributed by atoms with Crippen molar-refractivity contribution in [2.24, 2.45) is 5.92 Å². The molecule has 2 heterocycles. The van der Waals surface area contributed by atoms with E-state index in [1.165, 1.54) is 7.11 Å². The Balaban J connectivity index is 1.97. The van der Waals surface area contributed by atoms with Crippen LogP contribution in [-0.2, 0) is 14.3 Å². The summed E-state index contributed by atoms with van der Waals surface area (Å²) >= 11 is 0. The molecule has 2 fully saturated rings. The summed E-state index contributed by atoms with van der Waals surface area (Å²) in [5.41, 5.74) is 0. The zero-order valence-corrected chi connectivity index (χ0v) is 13.4. The van der Waals surface area contributed by atoms with Crippen LogP contribution in [0, 0.1) is 5.92 Å². The second kappa shape index (κ2) is 8.21. The molecule has 0 aliphatic carbocycles. The number of carbonyl (C=O) groups excluding carboxylic acids is 1. The second-order valence-electron chi connectivity index (χ2n) is 6.33. The van der Waals surface area contributed by atoms with Crippen LogP contribution in [0.15, 0.2) is 0 Å². The number of ether oxygens (including phenoxy) is 2. The minimum atomic E-state index is -0.734. The molecule has 2 saturated heterocycles. The maximum absolute atomic E-state index is 11.5. The molecule has 3 N–H and O–H groups in total. The zero-order chi connectivity index (χ0) is 16.1. The number of aliphatic hydroxyl groups is 2. The average molecular weight is 316 g/mol. The van der Waals surface area contributed by atoms with Gasteiger partial charge in [0.05, 0.1) is 18.8 Å². The van der Waals surface area contributed by atoms with Gasteiger partial charge in [-0.15, -0.1) is 0 Å². The first-order valence-corrected chi connectivity index (χ1v) is 8.00. The maximum atomic E-state index is 11.5. The van der Waals surface area contributed by atoms with Gasteiger partial charge in [-0.05, 0) is 31.8 Å². The van der Waals surface area contributed by atoms with Crippen molar-refractivity contribution < 1.29 is 24.5 Å². The fourth-order valence-corrected chi connectivity index (χ4v) is 3.32. The standard InChI is InChI=1S/C15H28N2O5/c1-10-3-5-17(6-4-10)14-11(7-16-13(19)9-21-2)22-12(8-18)15(14)20/h10-12,14-15,18,20H,3-9H2,1-2H3,(H,16,19)/t11-,12+,14+,15-/m1/s1. The van der Waals surface area contributed by atoms with Crippen molar-refractivity contribution in [2.45, 2.75) is 44.1 Å². The van der Waals surface area contributed by atoms with Gasteiger partial charge in [0.25, 0.3) is 0 Å². The highest BCUT2D eigenvalue weighted by atomic mass is 16.5. The van der Waals surface area contributed by atoms with E-state index in [2.05, 4.69) is 17.1 Å². The molecule has 0 aromatic heterocycles. The summed E-state index contributed by atoms with van der Waals surface area (Å²) in [6, 6.07) is -0.188. The number of carbonyl (C=O) groups is 1. The van der Waals surface area contributed by atoms with E-state index in [0.29, 0.717) is 12.5 Å². The lowest BCUT2D eigenvalue weighted by Gasteiger charge is -2.38. The Morgan fingerprint density at radius 2 is 2.05 bits per heavy atom. The Morgan fingerprint density at radius 3 is 2.64 bits per heavy atom. The highest BCUT2D eigenvalue weighted by Gasteiger charge is 2.46. The molecule has 0 unspecified atom stereocenters. The van der Waals surface area contributed by atoms with Crippen molar-refractivity contribution in [3.8, 4) is 0 Å². The lowest BCUT2D eigenvalue weighted by atomic mass is 9.94. The first-order chi connectivity index (χ1) is 10.6. The predicted octanol–water partition coefficient (Wildman–Crippen LogP) is -1.03.